The molecule has 5 nitrogen and oxygen atoms in total. The first kappa shape index (κ1) is 21.9. The Morgan fingerprint density at radius 1 is 1.00 bits per heavy atom. The highest BCUT2D eigenvalue weighted by molar-refractivity contribution is 6.32. The molecule has 0 saturated heterocycles. The smallest absolute Gasteiger partial charge is 0.213 e. The van der Waals surface area contributed by atoms with E-state index in [2.05, 4.69) is 29.4 Å². The molecule has 2 aromatic carbocycles. The number of aromatic nitrogens is 1. The molecule has 0 aliphatic heterocycles. The third-order valence-corrected chi connectivity index (χ3v) is 4.78. The van der Waals surface area contributed by atoms with E-state index in [1.54, 1.807) is 6.20 Å². The molecule has 0 saturated carbocycles. The van der Waals surface area contributed by atoms with Crippen molar-refractivity contribution in [3.63, 3.8) is 0 Å². The van der Waals surface area contributed by atoms with Gasteiger partial charge < -0.3 is 19.5 Å². The van der Waals surface area contributed by atoms with Crippen LogP contribution in [0.25, 0.3) is 0 Å². The molecule has 0 spiro atoms. The van der Waals surface area contributed by atoms with Crippen LogP contribution in [0.3, 0.4) is 0 Å². The van der Waals surface area contributed by atoms with Crippen LogP contribution in [0.1, 0.15) is 23.6 Å². The minimum Gasteiger partial charge on any atom is -0.490 e. The first-order chi connectivity index (χ1) is 14.7. The molecule has 0 fully saturated rings. The summed E-state index contributed by atoms with van der Waals surface area (Å²) in [5.41, 5.74) is 3.32. The quantitative estimate of drug-likeness (QED) is 0.427. The molecule has 158 valence electrons. The fourth-order valence-corrected chi connectivity index (χ4v) is 3.23. The SMILES string of the molecule is CCOc1cc(CNCCOc2ccccn2)cc(Cl)c1OCc1ccccc1C. The molecular formula is C24H27ClN2O3. The van der Waals surface area contributed by atoms with Crippen LogP contribution in [-0.4, -0.2) is 24.7 Å². The van der Waals surface area contributed by atoms with Crippen LogP contribution in [0.2, 0.25) is 5.02 Å². The molecular weight excluding hydrogens is 400 g/mol. The molecule has 0 radical (unpaired) electrons. The first-order valence-corrected chi connectivity index (χ1v) is 10.4. The van der Waals surface area contributed by atoms with Gasteiger partial charge >= 0.3 is 0 Å². The molecule has 3 rings (SSSR count). The van der Waals surface area contributed by atoms with Gasteiger partial charge in [0.2, 0.25) is 5.88 Å². The molecule has 1 N–H and O–H groups in total. The summed E-state index contributed by atoms with van der Waals surface area (Å²) >= 11 is 6.53. The third kappa shape index (κ3) is 6.37. The number of halogens is 1. The maximum atomic E-state index is 6.53. The Hall–Kier alpha value is -2.76. The van der Waals surface area contributed by atoms with Gasteiger partial charge in [0, 0.05) is 25.4 Å². The van der Waals surface area contributed by atoms with Crippen molar-refractivity contribution >= 4 is 11.6 Å². The number of aryl methyl sites for hydroxylation is 1. The fraction of sp³-hybridized carbons (Fsp3) is 0.292. The second kappa shape index (κ2) is 11.4. The van der Waals surface area contributed by atoms with Crippen molar-refractivity contribution in [2.24, 2.45) is 0 Å². The van der Waals surface area contributed by atoms with Crippen LogP contribution in [0.4, 0.5) is 0 Å². The predicted octanol–water partition coefficient (Wildman–Crippen LogP) is 5.19. The van der Waals surface area contributed by atoms with Crippen molar-refractivity contribution in [1.82, 2.24) is 10.3 Å². The van der Waals surface area contributed by atoms with E-state index in [9.17, 15) is 0 Å². The van der Waals surface area contributed by atoms with E-state index in [4.69, 9.17) is 25.8 Å². The number of rotatable bonds is 11. The first-order valence-electron chi connectivity index (χ1n) is 10.0. The van der Waals surface area contributed by atoms with E-state index in [0.29, 0.717) is 55.3 Å². The van der Waals surface area contributed by atoms with Crippen molar-refractivity contribution < 1.29 is 14.2 Å². The summed E-state index contributed by atoms with van der Waals surface area (Å²) in [6, 6.07) is 17.6. The second-order valence-corrected chi connectivity index (χ2v) is 7.15. The molecule has 0 aliphatic rings. The zero-order chi connectivity index (χ0) is 21.2. The molecule has 0 aliphatic carbocycles. The minimum atomic E-state index is 0.439. The van der Waals surface area contributed by atoms with E-state index in [1.807, 2.05) is 49.4 Å². The molecule has 30 heavy (non-hydrogen) atoms. The van der Waals surface area contributed by atoms with Crippen LogP contribution in [-0.2, 0) is 13.2 Å². The predicted molar refractivity (Wildman–Crippen MR) is 120 cm³/mol. The Balaban J connectivity index is 1.57. The third-order valence-electron chi connectivity index (χ3n) is 4.50. The number of benzene rings is 2. The largest absolute Gasteiger partial charge is 0.490 e. The van der Waals surface area contributed by atoms with Gasteiger partial charge in [-0.3, -0.25) is 0 Å². The van der Waals surface area contributed by atoms with E-state index >= 15 is 0 Å². The second-order valence-electron chi connectivity index (χ2n) is 6.75. The Morgan fingerprint density at radius 2 is 1.83 bits per heavy atom. The van der Waals surface area contributed by atoms with Crippen LogP contribution in [0.5, 0.6) is 17.4 Å². The number of pyridine rings is 1. The molecule has 3 aromatic rings. The Bertz CT molecular complexity index is 935. The van der Waals surface area contributed by atoms with Gasteiger partial charge in [-0.25, -0.2) is 4.98 Å². The van der Waals surface area contributed by atoms with Crippen molar-refractivity contribution in [3.05, 3.63) is 82.5 Å². The molecule has 1 heterocycles. The van der Waals surface area contributed by atoms with Crippen LogP contribution < -0.4 is 19.5 Å². The van der Waals surface area contributed by atoms with Crippen molar-refractivity contribution in [1.29, 1.82) is 0 Å². The molecule has 1 aromatic heterocycles. The lowest BCUT2D eigenvalue weighted by Crippen LogP contribution is -2.20. The maximum Gasteiger partial charge on any atom is 0.213 e. The number of hydrogen-bond acceptors (Lipinski definition) is 5. The summed E-state index contributed by atoms with van der Waals surface area (Å²) in [6.45, 7) is 6.84. The minimum absolute atomic E-state index is 0.439. The molecule has 0 unspecified atom stereocenters. The van der Waals surface area contributed by atoms with Crippen LogP contribution in [0.15, 0.2) is 60.8 Å². The summed E-state index contributed by atoms with van der Waals surface area (Å²) in [6.07, 6.45) is 1.71. The summed E-state index contributed by atoms with van der Waals surface area (Å²) in [4.78, 5) is 4.13. The molecule has 6 heteroatoms. The van der Waals surface area contributed by atoms with E-state index in [0.717, 1.165) is 11.1 Å². The van der Waals surface area contributed by atoms with E-state index in [1.165, 1.54) is 5.56 Å². The van der Waals surface area contributed by atoms with Crippen LogP contribution >= 0.6 is 11.6 Å². The lowest BCUT2D eigenvalue weighted by Gasteiger charge is -2.16. The fourth-order valence-electron chi connectivity index (χ4n) is 2.94. The highest BCUT2D eigenvalue weighted by Crippen LogP contribution is 2.37. The molecule has 0 bridgehead atoms. The number of ether oxygens (including phenoxy) is 3. The normalized spacial score (nSPS) is 10.6. The number of nitrogens with zero attached hydrogens (tertiary/aromatic N) is 1. The van der Waals surface area contributed by atoms with Gasteiger partial charge in [-0.05, 0) is 48.7 Å². The zero-order valence-corrected chi connectivity index (χ0v) is 18.1. The molecule has 0 atom stereocenters. The van der Waals surface area contributed by atoms with E-state index in [-0.39, 0.29) is 0 Å². The lowest BCUT2D eigenvalue weighted by molar-refractivity contribution is 0.268. The Labute approximate surface area is 183 Å². The Kier molecular flexibility index (Phi) is 8.36. The van der Waals surface area contributed by atoms with Gasteiger partial charge in [0.1, 0.15) is 13.2 Å². The summed E-state index contributed by atoms with van der Waals surface area (Å²) in [5.74, 6) is 1.85. The highest BCUT2D eigenvalue weighted by Gasteiger charge is 2.13. The molecule has 0 amide bonds. The van der Waals surface area contributed by atoms with Crippen molar-refractivity contribution in [3.8, 4) is 17.4 Å². The number of nitrogens with one attached hydrogen (secondary N) is 1. The summed E-state index contributed by atoms with van der Waals surface area (Å²) < 4.78 is 17.4. The average Bonchev–Trinajstić information content (AvgIpc) is 2.75. The Morgan fingerprint density at radius 3 is 2.60 bits per heavy atom. The van der Waals surface area contributed by atoms with E-state index < -0.39 is 0 Å². The summed E-state index contributed by atoms with van der Waals surface area (Å²) in [7, 11) is 0. The van der Waals surface area contributed by atoms with Gasteiger partial charge in [0.25, 0.3) is 0 Å². The number of hydrogen-bond donors (Lipinski definition) is 1. The van der Waals surface area contributed by atoms with Gasteiger partial charge in [0.15, 0.2) is 11.5 Å². The maximum absolute atomic E-state index is 6.53. The van der Waals surface area contributed by atoms with Gasteiger partial charge in [0.05, 0.1) is 11.6 Å². The van der Waals surface area contributed by atoms with Gasteiger partial charge in [-0.1, -0.05) is 41.9 Å². The topological polar surface area (TPSA) is 52.6 Å². The van der Waals surface area contributed by atoms with Crippen molar-refractivity contribution in [2.75, 3.05) is 19.8 Å². The average molecular weight is 427 g/mol. The summed E-state index contributed by atoms with van der Waals surface area (Å²) in [5, 5.41) is 3.88. The highest BCUT2D eigenvalue weighted by atomic mass is 35.5. The van der Waals surface area contributed by atoms with Crippen molar-refractivity contribution in [2.45, 2.75) is 27.0 Å². The lowest BCUT2D eigenvalue weighted by atomic mass is 10.1. The van der Waals surface area contributed by atoms with Crippen LogP contribution in [0, 0.1) is 6.92 Å². The van der Waals surface area contributed by atoms with Gasteiger partial charge in [-0.2, -0.15) is 0 Å². The monoisotopic (exact) mass is 426 g/mol. The zero-order valence-electron chi connectivity index (χ0n) is 17.4. The standard InChI is InChI=1S/C24H27ClN2O3/c1-3-28-22-15-19(16-26-12-13-29-23-10-6-7-11-27-23)14-21(25)24(22)30-17-20-9-5-4-8-18(20)2/h4-11,14-15,26H,3,12-13,16-17H2,1-2H3. The van der Waals surface area contributed by atoms with Gasteiger partial charge in [-0.15, -0.1) is 0 Å².